The number of carbonyl (C=O) groups is 1. The molecular formula is C17H25ClN2O3S. The number of hydrogen-bond acceptors (Lipinski definition) is 5. The highest BCUT2D eigenvalue weighted by atomic mass is 35.5. The maximum Gasteiger partial charge on any atom is 0.407 e. The van der Waals surface area contributed by atoms with Crippen molar-refractivity contribution in [2.24, 2.45) is 5.92 Å². The van der Waals surface area contributed by atoms with Crippen LogP contribution in [0, 0.1) is 5.92 Å². The van der Waals surface area contributed by atoms with E-state index >= 15 is 0 Å². The van der Waals surface area contributed by atoms with E-state index in [1.165, 1.54) is 11.3 Å². The predicted octanol–water partition coefficient (Wildman–Crippen LogP) is 3.73. The van der Waals surface area contributed by atoms with Crippen molar-refractivity contribution >= 4 is 29.0 Å². The average molecular weight is 373 g/mol. The molecular weight excluding hydrogens is 348 g/mol. The molecule has 2 N–H and O–H groups in total. The predicted molar refractivity (Wildman–Crippen MR) is 95.7 cm³/mol. The summed E-state index contributed by atoms with van der Waals surface area (Å²) in [7, 11) is 0. The third-order valence-corrected chi connectivity index (χ3v) is 5.71. The van der Waals surface area contributed by atoms with Crippen molar-refractivity contribution in [2.75, 3.05) is 6.61 Å². The summed E-state index contributed by atoms with van der Waals surface area (Å²) in [5, 5.41) is 8.68. The Bertz CT molecular complexity index is 601. The zero-order valence-corrected chi connectivity index (χ0v) is 16.0. The van der Waals surface area contributed by atoms with E-state index in [4.69, 9.17) is 21.1 Å². The second-order valence-corrected chi connectivity index (χ2v) is 9.10. The Morgan fingerprint density at radius 2 is 2.21 bits per heavy atom. The first-order valence-electron chi connectivity index (χ1n) is 8.36. The van der Waals surface area contributed by atoms with Crippen LogP contribution < -0.4 is 10.6 Å². The van der Waals surface area contributed by atoms with Crippen molar-refractivity contribution in [3.05, 3.63) is 21.3 Å². The number of ether oxygens (including phenoxy) is 2. The number of carbonyl (C=O) groups excluding carboxylic acids is 1. The summed E-state index contributed by atoms with van der Waals surface area (Å²) in [6.45, 7) is 8.46. The minimum Gasteiger partial charge on any atom is -0.444 e. The average Bonchev–Trinajstić information content (AvgIpc) is 3.07. The van der Waals surface area contributed by atoms with E-state index in [2.05, 4.69) is 22.9 Å². The summed E-state index contributed by atoms with van der Waals surface area (Å²) in [6.07, 6.45) is 0.763. The van der Waals surface area contributed by atoms with Gasteiger partial charge in [0.2, 0.25) is 0 Å². The van der Waals surface area contributed by atoms with Crippen LogP contribution in [-0.4, -0.2) is 36.5 Å². The number of nitrogens with one attached hydrogen (secondary N) is 2. The van der Waals surface area contributed by atoms with Crippen LogP contribution in [0.5, 0.6) is 0 Å². The number of halogens is 1. The number of fused-ring (bicyclic) bond motifs is 1. The lowest BCUT2D eigenvalue weighted by Crippen LogP contribution is -2.70. The van der Waals surface area contributed by atoms with E-state index in [1.54, 1.807) is 0 Å². The van der Waals surface area contributed by atoms with Crippen LogP contribution in [0.4, 0.5) is 4.79 Å². The van der Waals surface area contributed by atoms with Crippen molar-refractivity contribution in [3.63, 3.8) is 0 Å². The van der Waals surface area contributed by atoms with Gasteiger partial charge in [-0.1, -0.05) is 11.6 Å². The van der Waals surface area contributed by atoms with Crippen LogP contribution in [0.3, 0.4) is 0 Å². The van der Waals surface area contributed by atoms with Crippen LogP contribution in [-0.2, 0) is 9.47 Å². The molecule has 134 valence electrons. The zero-order valence-electron chi connectivity index (χ0n) is 14.5. The Labute approximate surface area is 152 Å². The summed E-state index contributed by atoms with van der Waals surface area (Å²) in [5.41, 5.74) is 0.658. The van der Waals surface area contributed by atoms with E-state index in [0.29, 0.717) is 5.92 Å². The summed E-state index contributed by atoms with van der Waals surface area (Å²) < 4.78 is 12.0. The van der Waals surface area contributed by atoms with Gasteiger partial charge in [0.25, 0.3) is 0 Å². The fraction of sp³-hybridized carbons (Fsp3) is 0.706. The van der Waals surface area contributed by atoms with Crippen molar-refractivity contribution < 1.29 is 14.3 Å². The molecule has 1 saturated carbocycles. The van der Waals surface area contributed by atoms with Crippen molar-refractivity contribution in [3.8, 4) is 0 Å². The Balaban J connectivity index is 1.63. The summed E-state index contributed by atoms with van der Waals surface area (Å²) in [4.78, 5) is 12.1. The molecule has 5 unspecified atom stereocenters. The van der Waals surface area contributed by atoms with Gasteiger partial charge >= 0.3 is 6.09 Å². The molecule has 1 amide bonds. The van der Waals surface area contributed by atoms with Gasteiger partial charge in [-0.3, -0.25) is 0 Å². The fourth-order valence-corrected chi connectivity index (χ4v) is 4.47. The normalized spacial score (nSPS) is 30.4. The van der Waals surface area contributed by atoms with Crippen LogP contribution >= 0.6 is 22.9 Å². The molecule has 3 rings (SSSR count). The van der Waals surface area contributed by atoms with Gasteiger partial charge in [0.15, 0.2) is 0 Å². The van der Waals surface area contributed by atoms with Gasteiger partial charge < -0.3 is 20.1 Å². The monoisotopic (exact) mass is 372 g/mol. The molecule has 2 fully saturated rings. The smallest absolute Gasteiger partial charge is 0.407 e. The van der Waals surface area contributed by atoms with E-state index in [9.17, 15) is 4.79 Å². The van der Waals surface area contributed by atoms with E-state index < -0.39 is 5.60 Å². The molecule has 2 heterocycles. The molecule has 1 saturated heterocycles. The number of amides is 1. The maximum atomic E-state index is 12.1. The van der Waals surface area contributed by atoms with Gasteiger partial charge in [0, 0.05) is 18.6 Å². The molecule has 1 aromatic rings. The minimum absolute atomic E-state index is 0.0314. The van der Waals surface area contributed by atoms with Crippen LogP contribution in [0.25, 0.3) is 0 Å². The highest BCUT2D eigenvalue weighted by Crippen LogP contribution is 2.40. The molecule has 0 aromatic carbocycles. The molecule has 5 nitrogen and oxygen atoms in total. The van der Waals surface area contributed by atoms with E-state index in [0.717, 1.165) is 22.9 Å². The summed E-state index contributed by atoms with van der Waals surface area (Å²) in [5.74, 6) is 0.355. The molecule has 2 aliphatic rings. The first-order valence-corrected chi connectivity index (χ1v) is 9.61. The lowest BCUT2D eigenvalue weighted by molar-refractivity contribution is -0.0371. The van der Waals surface area contributed by atoms with Gasteiger partial charge in [-0.15, -0.1) is 11.3 Å². The largest absolute Gasteiger partial charge is 0.444 e. The van der Waals surface area contributed by atoms with Crippen LogP contribution in [0.2, 0.25) is 4.34 Å². The third kappa shape index (κ3) is 3.87. The number of hydrogen-bond donors (Lipinski definition) is 2. The van der Waals surface area contributed by atoms with Crippen molar-refractivity contribution in [2.45, 2.75) is 63.9 Å². The third-order valence-electron chi connectivity index (χ3n) is 4.60. The van der Waals surface area contributed by atoms with Gasteiger partial charge in [0.1, 0.15) is 5.60 Å². The highest BCUT2D eigenvalue weighted by molar-refractivity contribution is 7.14. The van der Waals surface area contributed by atoms with Crippen LogP contribution in [0.1, 0.15) is 45.7 Å². The second kappa shape index (κ2) is 6.83. The van der Waals surface area contributed by atoms with Crippen LogP contribution in [0.15, 0.2) is 11.4 Å². The van der Waals surface area contributed by atoms with Crippen molar-refractivity contribution in [1.82, 2.24) is 10.6 Å². The van der Waals surface area contributed by atoms with Gasteiger partial charge in [-0.05, 0) is 51.1 Å². The second-order valence-electron chi connectivity index (χ2n) is 7.56. The molecule has 0 bridgehead atoms. The molecule has 1 aromatic heterocycles. The Morgan fingerprint density at radius 1 is 1.46 bits per heavy atom. The maximum absolute atomic E-state index is 12.1. The number of rotatable bonds is 4. The topological polar surface area (TPSA) is 59.6 Å². The van der Waals surface area contributed by atoms with Gasteiger partial charge in [-0.25, -0.2) is 4.79 Å². The number of thiophene rings is 1. The summed E-state index contributed by atoms with van der Waals surface area (Å²) in [6, 6.07) is 2.24. The molecule has 1 aliphatic heterocycles. The molecule has 0 spiro atoms. The molecule has 1 aliphatic carbocycles. The first-order chi connectivity index (χ1) is 11.2. The lowest BCUT2D eigenvalue weighted by atomic mass is 9.71. The first kappa shape index (κ1) is 18.0. The highest BCUT2D eigenvalue weighted by Gasteiger charge is 2.55. The SMILES string of the molecule is CC(NC1C(NC(=O)OC(C)(C)C)C2CCOC21)c1csc(Cl)c1. The Morgan fingerprint density at radius 3 is 2.83 bits per heavy atom. The standard InChI is InChI=1S/C17H25ClN2O3S/c1-9(10-7-12(18)24-8-10)19-14-13(11-5-6-22-15(11)14)20-16(21)23-17(2,3)4/h7-9,11,13-15,19H,5-6H2,1-4H3,(H,20,21). The quantitative estimate of drug-likeness (QED) is 0.845. The lowest BCUT2D eigenvalue weighted by Gasteiger charge is -2.49. The Kier molecular flexibility index (Phi) is 5.12. The number of alkyl carbamates (subject to hydrolysis) is 1. The molecule has 24 heavy (non-hydrogen) atoms. The zero-order chi connectivity index (χ0) is 17.5. The molecule has 0 radical (unpaired) electrons. The summed E-state index contributed by atoms with van der Waals surface area (Å²) >= 11 is 7.56. The van der Waals surface area contributed by atoms with E-state index in [-0.39, 0.29) is 30.3 Å². The van der Waals surface area contributed by atoms with Crippen molar-refractivity contribution in [1.29, 1.82) is 0 Å². The fourth-order valence-electron chi connectivity index (χ4n) is 3.48. The molecule has 5 atom stereocenters. The van der Waals surface area contributed by atoms with E-state index in [1.807, 2.05) is 26.8 Å². The van der Waals surface area contributed by atoms with Gasteiger partial charge in [-0.2, -0.15) is 0 Å². The Hall–Kier alpha value is -0.820. The minimum atomic E-state index is -0.497. The van der Waals surface area contributed by atoms with Gasteiger partial charge in [0.05, 0.1) is 22.5 Å². The molecule has 7 heteroatoms.